The number of amides is 1. The van der Waals surface area contributed by atoms with Gasteiger partial charge in [-0.05, 0) is 54.7 Å². The molecule has 2 rings (SSSR count). The SMILES string of the molecule is CC/C(=N\NC(=O)COc1cc(C)ccc1C(C)C)c1ccc(OC)c(OC)c1. The summed E-state index contributed by atoms with van der Waals surface area (Å²) in [6, 6.07) is 11.6. The lowest BCUT2D eigenvalue weighted by Gasteiger charge is -2.14. The molecule has 0 fully saturated rings. The maximum absolute atomic E-state index is 12.3. The first-order chi connectivity index (χ1) is 13.9. The van der Waals surface area contributed by atoms with Crippen molar-refractivity contribution in [1.29, 1.82) is 0 Å². The van der Waals surface area contributed by atoms with Crippen LogP contribution in [0.25, 0.3) is 0 Å². The Kier molecular flexibility index (Phi) is 8.07. The lowest BCUT2D eigenvalue weighted by Crippen LogP contribution is -2.26. The predicted octanol–water partition coefficient (Wildman–Crippen LogP) is 4.44. The van der Waals surface area contributed by atoms with Crippen molar-refractivity contribution < 1.29 is 19.0 Å². The van der Waals surface area contributed by atoms with Gasteiger partial charge in [-0.2, -0.15) is 5.10 Å². The molecule has 6 heteroatoms. The van der Waals surface area contributed by atoms with E-state index in [-0.39, 0.29) is 12.5 Å². The Labute approximate surface area is 172 Å². The van der Waals surface area contributed by atoms with E-state index in [1.165, 1.54) is 0 Å². The van der Waals surface area contributed by atoms with E-state index < -0.39 is 0 Å². The standard InChI is InChI=1S/C23H30N2O4/c1-7-19(17-9-11-20(27-5)22(13-17)28-6)24-25-23(26)14-29-21-12-16(4)8-10-18(21)15(2)3/h8-13,15H,7,14H2,1-6H3,(H,25,26)/b24-19+. The monoisotopic (exact) mass is 398 g/mol. The summed E-state index contributed by atoms with van der Waals surface area (Å²) in [5.74, 6) is 1.98. The van der Waals surface area contributed by atoms with Gasteiger partial charge in [-0.3, -0.25) is 4.79 Å². The van der Waals surface area contributed by atoms with Crippen LogP contribution in [0.1, 0.15) is 49.8 Å². The van der Waals surface area contributed by atoms with Gasteiger partial charge in [-0.25, -0.2) is 5.43 Å². The molecular formula is C23H30N2O4. The Bertz CT molecular complexity index is 875. The van der Waals surface area contributed by atoms with E-state index in [1.807, 2.05) is 50.2 Å². The van der Waals surface area contributed by atoms with Crippen molar-refractivity contribution in [1.82, 2.24) is 5.43 Å². The highest BCUT2D eigenvalue weighted by Crippen LogP contribution is 2.28. The first-order valence-corrected chi connectivity index (χ1v) is 9.70. The molecule has 0 radical (unpaired) electrons. The zero-order valence-corrected chi connectivity index (χ0v) is 18.0. The van der Waals surface area contributed by atoms with Gasteiger partial charge in [0.1, 0.15) is 5.75 Å². The Morgan fingerprint density at radius 2 is 1.76 bits per heavy atom. The maximum Gasteiger partial charge on any atom is 0.277 e. The first kappa shape index (κ1) is 22.3. The van der Waals surface area contributed by atoms with Crippen LogP contribution in [0, 0.1) is 6.92 Å². The molecule has 0 saturated carbocycles. The zero-order chi connectivity index (χ0) is 21.4. The minimum atomic E-state index is -0.312. The van der Waals surface area contributed by atoms with Crippen molar-refractivity contribution >= 4 is 11.6 Å². The van der Waals surface area contributed by atoms with E-state index >= 15 is 0 Å². The number of nitrogens with zero attached hydrogens (tertiary/aromatic N) is 1. The molecule has 156 valence electrons. The second-order valence-electron chi connectivity index (χ2n) is 7.00. The van der Waals surface area contributed by atoms with Crippen LogP contribution in [0.4, 0.5) is 0 Å². The minimum Gasteiger partial charge on any atom is -0.493 e. The molecule has 0 aliphatic heterocycles. The third kappa shape index (κ3) is 5.98. The lowest BCUT2D eigenvalue weighted by atomic mass is 10.0. The van der Waals surface area contributed by atoms with Crippen LogP contribution in [-0.4, -0.2) is 32.4 Å². The molecule has 0 aliphatic rings. The minimum absolute atomic E-state index is 0.102. The van der Waals surface area contributed by atoms with Gasteiger partial charge < -0.3 is 14.2 Å². The fourth-order valence-electron chi connectivity index (χ4n) is 2.91. The largest absolute Gasteiger partial charge is 0.493 e. The number of carbonyl (C=O) groups is 1. The third-order valence-corrected chi connectivity index (χ3v) is 4.52. The summed E-state index contributed by atoms with van der Waals surface area (Å²) in [6.45, 7) is 8.06. The summed E-state index contributed by atoms with van der Waals surface area (Å²) in [5.41, 5.74) is 6.33. The van der Waals surface area contributed by atoms with Crippen molar-refractivity contribution in [2.24, 2.45) is 5.10 Å². The number of ether oxygens (including phenoxy) is 3. The molecule has 0 aromatic heterocycles. The number of nitrogens with one attached hydrogen (secondary N) is 1. The molecule has 0 saturated heterocycles. The van der Waals surface area contributed by atoms with Crippen LogP contribution < -0.4 is 19.6 Å². The van der Waals surface area contributed by atoms with Gasteiger partial charge in [0.15, 0.2) is 18.1 Å². The average molecular weight is 399 g/mol. The highest BCUT2D eigenvalue weighted by Gasteiger charge is 2.12. The third-order valence-electron chi connectivity index (χ3n) is 4.52. The van der Waals surface area contributed by atoms with Gasteiger partial charge in [-0.1, -0.05) is 32.9 Å². The summed E-state index contributed by atoms with van der Waals surface area (Å²) >= 11 is 0. The van der Waals surface area contributed by atoms with E-state index in [0.29, 0.717) is 23.8 Å². The second kappa shape index (κ2) is 10.5. The molecule has 1 amide bonds. The summed E-state index contributed by atoms with van der Waals surface area (Å²) in [6.07, 6.45) is 0.645. The highest BCUT2D eigenvalue weighted by molar-refractivity contribution is 6.01. The van der Waals surface area contributed by atoms with Crippen molar-refractivity contribution in [3.05, 3.63) is 53.1 Å². The predicted molar refractivity (Wildman–Crippen MR) is 115 cm³/mol. The molecule has 2 aromatic rings. The maximum atomic E-state index is 12.3. The summed E-state index contributed by atoms with van der Waals surface area (Å²) < 4.78 is 16.4. The van der Waals surface area contributed by atoms with Crippen LogP contribution in [0.2, 0.25) is 0 Å². The second-order valence-corrected chi connectivity index (χ2v) is 7.00. The van der Waals surface area contributed by atoms with E-state index in [4.69, 9.17) is 14.2 Å². The molecule has 1 N–H and O–H groups in total. The molecule has 0 bridgehead atoms. The fraction of sp³-hybridized carbons (Fsp3) is 0.391. The first-order valence-electron chi connectivity index (χ1n) is 9.70. The molecule has 2 aromatic carbocycles. The molecule has 29 heavy (non-hydrogen) atoms. The number of aryl methyl sites for hydroxylation is 1. The molecule has 0 aliphatic carbocycles. The molecule has 0 atom stereocenters. The Balaban J connectivity index is 2.07. The quantitative estimate of drug-likeness (QED) is 0.501. The Morgan fingerprint density at radius 3 is 2.38 bits per heavy atom. The number of hydrazone groups is 1. The molecular weight excluding hydrogens is 368 g/mol. The van der Waals surface area contributed by atoms with E-state index in [9.17, 15) is 4.79 Å². The normalized spacial score (nSPS) is 11.3. The smallest absolute Gasteiger partial charge is 0.277 e. The highest BCUT2D eigenvalue weighted by atomic mass is 16.5. The molecule has 0 spiro atoms. The van der Waals surface area contributed by atoms with E-state index in [1.54, 1.807) is 14.2 Å². The van der Waals surface area contributed by atoms with Crippen molar-refractivity contribution in [2.75, 3.05) is 20.8 Å². The number of rotatable bonds is 9. The summed E-state index contributed by atoms with van der Waals surface area (Å²) in [7, 11) is 3.17. The van der Waals surface area contributed by atoms with Gasteiger partial charge in [0.05, 0.1) is 19.9 Å². The topological polar surface area (TPSA) is 69.2 Å². The van der Waals surface area contributed by atoms with Crippen molar-refractivity contribution in [3.8, 4) is 17.2 Å². The Morgan fingerprint density at radius 1 is 1.03 bits per heavy atom. The molecule has 0 heterocycles. The van der Waals surface area contributed by atoms with E-state index in [2.05, 4.69) is 24.4 Å². The molecule has 6 nitrogen and oxygen atoms in total. The number of methoxy groups -OCH3 is 2. The van der Waals surface area contributed by atoms with Gasteiger partial charge in [0, 0.05) is 5.56 Å². The zero-order valence-electron chi connectivity index (χ0n) is 18.0. The van der Waals surface area contributed by atoms with Crippen LogP contribution in [0.5, 0.6) is 17.2 Å². The average Bonchev–Trinajstić information content (AvgIpc) is 2.72. The lowest BCUT2D eigenvalue weighted by molar-refractivity contribution is -0.123. The van der Waals surface area contributed by atoms with Crippen LogP contribution in [0.3, 0.4) is 0 Å². The van der Waals surface area contributed by atoms with Crippen molar-refractivity contribution in [2.45, 2.75) is 40.0 Å². The number of carbonyl (C=O) groups excluding carboxylic acids is 1. The summed E-state index contributed by atoms with van der Waals surface area (Å²) in [4.78, 5) is 12.3. The van der Waals surface area contributed by atoms with E-state index in [0.717, 1.165) is 28.2 Å². The number of hydrogen-bond donors (Lipinski definition) is 1. The fourth-order valence-corrected chi connectivity index (χ4v) is 2.91. The van der Waals surface area contributed by atoms with Gasteiger partial charge in [0.25, 0.3) is 5.91 Å². The van der Waals surface area contributed by atoms with Gasteiger partial charge in [-0.15, -0.1) is 0 Å². The summed E-state index contributed by atoms with van der Waals surface area (Å²) in [5, 5.41) is 4.27. The Hall–Kier alpha value is -3.02. The van der Waals surface area contributed by atoms with Gasteiger partial charge >= 0.3 is 0 Å². The number of hydrogen-bond acceptors (Lipinski definition) is 5. The molecule has 0 unspecified atom stereocenters. The van der Waals surface area contributed by atoms with Crippen molar-refractivity contribution in [3.63, 3.8) is 0 Å². The van der Waals surface area contributed by atoms with Crippen LogP contribution in [-0.2, 0) is 4.79 Å². The van der Waals surface area contributed by atoms with Crippen LogP contribution in [0.15, 0.2) is 41.5 Å². The van der Waals surface area contributed by atoms with Crippen LogP contribution >= 0.6 is 0 Å². The number of benzene rings is 2. The van der Waals surface area contributed by atoms with Gasteiger partial charge in [0.2, 0.25) is 0 Å².